The Kier molecular flexibility index (Phi) is 7.21. The van der Waals surface area contributed by atoms with Crippen LogP contribution in [0.25, 0.3) is 0 Å². The lowest BCUT2D eigenvalue weighted by atomic mass is 9.86. The maximum absolute atomic E-state index is 12.7. The van der Waals surface area contributed by atoms with Crippen molar-refractivity contribution in [3.05, 3.63) is 127 Å². The van der Waals surface area contributed by atoms with Gasteiger partial charge in [0, 0.05) is 33.6 Å². The zero-order valence-corrected chi connectivity index (χ0v) is 23.2. The second kappa shape index (κ2) is 10.4. The number of pyridine rings is 2. The molecule has 192 valence electrons. The van der Waals surface area contributed by atoms with Gasteiger partial charge in [0.1, 0.15) is 11.4 Å². The van der Waals surface area contributed by atoms with Crippen LogP contribution in [0, 0.1) is 0 Å². The fraction of sp³-hybridized carbons (Fsp3) is 0.250. The number of hydrogen-bond donors (Lipinski definition) is 0. The van der Waals surface area contributed by atoms with E-state index in [0.29, 0.717) is 21.4 Å². The predicted molar refractivity (Wildman–Crippen MR) is 152 cm³/mol. The highest BCUT2D eigenvalue weighted by Crippen LogP contribution is 2.29. The van der Waals surface area contributed by atoms with E-state index < -0.39 is 0 Å². The van der Waals surface area contributed by atoms with Gasteiger partial charge in [-0.2, -0.15) is 0 Å². The summed E-state index contributed by atoms with van der Waals surface area (Å²) in [5.74, 6) is 0.0133. The number of hydrogen-bond acceptors (Lipinski definition) is 4. The van der Waals surface area contributed by atoms with Gasteiger partial charge in [-0.3, -0.25) is 19.6 Å². The van der Waals surface area contributed by atoms with Gasteiger partial charge in [0.15, 0.2) is 0 Å². The van der Waals surface area contributed by atoms with E-state index in [-0.39, 0.29) is 17.0 Å². The lowest BCUT2D eigenvalue weighted by Gasteiger charge is -2.20. The lowest BCUT2D eigenvalue weighted by Crippen LogP contribution is -2.14. The second-order valence-corrected chi connectivity index (χ2v) is 11.6. The van der Waals surface area contributed by atoms with Crippen LogP contribution in [0.4, 0.5) is 0 Å². The average molecular weight is 543 g/mol. The third-order valence-corrected chi connectivity index (χ3v) is 7.58. The molecule has 0 unspecified atom stereocenters. The molecule has 38 heavy (non-hydrogen) atoms. The van der Waals surface area contributed by atoms with E-state index in [1.54, 1.807) is 24.4 Å². The fourth-order valence-electron chi connectivity index (χ4n) is 4.94. The quantitative estimate of drug-likeness (QED) is 0.232. The molecule has 0 amide bonds. The van der Waals surface area contributed by atoms with Crippen molar-refractivity contribution in [2.24, 2.45) is 0 Å². The van der Waals surface area contributed by atoms with E-state index in [9.17, 15) is 9.59 Å². The van der Waals surface area contributed by atoms with Crippen LogP contribution in [0.2, 0.25) is 10.0 Å². The Balaban J connectivity index is 0.000000158. The first-order valence-electron chi connectivity index (χ1n) is 12.7. The monoisotopic (exact) mass is 542 g/mol. The van der Waals surface area contributed by atoms with Crippen LogP contribution in [0.15, 0.2) is 67.0 Å². The van der Waals surface area contributed by atoms with E-state index in [4.69, 9.17) is 23.2 Å². The average Bonchev–Trinajstić information content (AvgIpc) is 3.12. The van der Waals surface area contributed by atoms with Crippen LogP contribution in [0.3, 0.4) is 0 Å². The molecule has 2 heterocycles. The molecule has 0 aliphatic heterocycles. The number of halogens is 2. The van der Waals surface area contributed by atoms with Crippen LogP contribution >= 0.6 is 23.2 Å². The highest BCUT2D eigenvalue weighted by molar-refractivity contribution is 6.31. The van der Waals surface area contributed by atoms with Crippen molar-refractivity contribution in [1.29, 1.82) is 0 Å². The van der Waals surface area contributed by atoms with E-state index in [1.165, 1.54) is 0 Å². The highest BCUT2D eigenvalue weighted by Gasteiger charge is 2.25. The summed E-state index contributed by atoms with van der Waals surface area (Å²) in [5.41, 5.74) is 7.91. The number of aromatic nitrogens is 2. The summed E-state index contributed by atoms with van der Waals surface area (Å²) in [4.78, 5) is 33.7. The summed E-state index contributed by atoms with van der Waals surface area (Å²) in [6.07, 6.45) is 6.81. The van der Waals surface area contributed by atoms with Crippen molar-refractivity contribution in [1.82, 2.24) is 9.97 Å². The van der Waals surface area contributed by atoms with Gasteiger partial charge >= 0.3 is 0 Å². The Bertz CT molecular complexity index is 1570. The molecule has 6 heteroatoms. The van der Waals surface area contributed by atoms with Crippen LogP contribution < -0.4 is 0 Å². The maximum atomic E-state index is 12.7. The van der Waals surface area contributed by atoms with Crippen molar-refractivity contribution < 1.29 is 9.59 Å². The summed E-state index contributed by atoms with van der Waals surface area (Å²) in [6, 6.07) is 16.9. The molecule has 0 fully saturated rings. The number of ketones is 2. The molecule has 2 aliphatic rings. The first-order valence-corrected chi connectivity index (χ1v) is 13.5. The highest BCUT2D eigenvalue weighted by atomic mass is 35.5. The third kappa shape index (κ3) is 5.29. The first kappa shape index (κ1) is 26.3. The minimum atomic E-state index is 0.00441. The topological polar surface area (TPSA) is 59.9 Å². The summed E-state index contributed by atoms with van der Waals surface area (Å²) < 4.78 is 0. The molecule has 6 rings (SSSR count). The first-order chi connectivity index (χ1) is 18.1. The standard InChI is InChI=1S/C18H18ClNO.C14H10ClNO/c1-18(2,3)13-8-12-5-4-11-9-14(19)6-7-15(11)17(21)16(12)20-10-13;15-11-5-6-12-10(8-11)4-3-9-2-1-7-16-13(9)14(12)17/h6-10H,4-5H2,1-3H3;1-2,5-8H,3-4H2. The molecule has 0 saturated carbocycles. The normalized spacial score (nSPS) is 14.1. The minimum absolute atomic E-state index is 0.00441. The van der Waals surface area contributed by atoms with Crippen LogP contribution in [-0.2, 0) is 31.1 Å². The summed E-state index contributed by atoms with van der Waals surface area (Å²) in [7, 11) is 0. The van der Waals surface area contributed by atoms with Crippen molar-refractivity contribution in [2.45, 2.75) is 51.9 Å². The minimum Gasteiger partial charge on any atom is -0.287 e. The van der Waals surface area contributed by atoms with Gasteiger partial charge in [0.05, 0.1) is 0 Å². The second-order valence-electron chi connectivity index (χ2n) is 10.8. The van der Waals surface area contributed by atoms with Crippen molar-refractivity contribution in [3.63, 3.8) is 0 Å². The summed E-state index contributed by atoms with van der Waals surface area (Å²) >= 11 is 12.0. The molecule has 4 aromatic rings. The van der Waals surface area contributed by atoms with Crippen LogP contribution in [-0.4, -0.2) is 21.5 Å². The molecular weight excluding hydrogens is 515 g/mol. The molecule has 0 N–H and O–H groups in total. The lowest BCUT2D eigenvalue weighted by molar-refractivity contribution is 0.102. The summed E-state index contributed by atoms with van der Waals surface area (Å²) in [6.45, 7) is 6.47. The third-order valence-electron chi connectivity index (χ3n) is 7.11. The van der Waals surface area contributed by atoms with Crippen LogP contribution in [0.5, 0.6) is 0 Å². The van der Waals surface area contributed by atoms with E-state index in [0.717, 1.165) is 64.6 Å². The zero-order chi connectivity index (χ0) is 27.0. The van der Waals surface area contributed by atoms with Gasteiger partial charge in [0.25, 0.3) is 0 Å². The van der Waals surface area contributed by atoms with Gasteiger partial charge in [0.2, 0.25) is 11.6 Å². The van der Waals surface area contributed by atoms with Crippen molar-refractivity contribution in [3.8, 4) is 0 Å². The Morgan fingerprint density at radius 2 is 1.18 bits per heavy atom. The summed E-state index contributed by atoms with van der Waals surface area (Å²) in [5, 5.41) is 1.35. The number of nitrogens with zero attached hydrogens (tertiary/aromatic N) is 2. The van der Waals surface area contributed by atoms with Gasteiger partial charge in [-0.25, -0.2) is 0 Å². The number of carbonyl (C=O) groups excluding carboxylic acids is 2. The van der Waals surface area contributed by atoms with E-state index >= 15 is 0 Å². The number of fused-ring (bicyclic) bond motifs is 4. The number of aryl methyl sites for hydroxylation is 4. The van der Waals surface area contributed by atoms with Gasteiger partial charge in [-0.1, -0.05) is 56.1 Å². The molecule has 2 aromatic carbocycles. The Hall–Kier alpha value is -3.34. The van der Waals surface area contributed by atoms with E-state index in [2.05, 4.69) is 36.8 Å². The van der Waals surface area contributed by atoms with Gasteiger partial charge in [-0.15, -0.1) is 0 Å². The number of carbonyl (C=O) groups is 2. The molecule has 0 saturated heterocycles. The zero-order valence-electron chi connectivity index (χ0n) is 21.6. The molecule has 0 radical (unpaired) electrons. The maximum Gasteiger partial charge on any atom is 0.211 e. The molecular formula is C32H28Cl2N2O2. The Morgan fingerprint density at radius 1 is 0.658 bits per heavy atom. The predicted octanol–water partition coefficient (Wildman–Crippen LogP) is 7.43. The Morgan fingerprint density at radius 3 is 1.76 bits per heavy atom. The number of rotatable bonds is 0. The van der Waals surface area contributed by atoms with Crippen LogP contribution in [0.1, 0.15) is 80.7 Å². The van der Waals surface area contributed by atoms with Crippen molar-refractivity contribution in [2.75, 3.05) is 0 Å². The molecule has 4 nitrogen and oxygen atoms in total. The Labute approximate surface area is 233 Å². The molecule has 0 bridgehead atoms. The molecule has 0 spiro atoms. The fourth-order valence-corrected chi connectivity index (χ4v) is 5.32. The molecule has 2 aromatic heterocycles. The SMILES string of the molecule is CC(C)(C)c1cnc2c(c1)CCc1cc(Cl)ccc1C2=O.O=C1c2ccc(Cl)cc2CCc2cccnc21. The van der Waals surface area contributed by atoms with E-state index in [1.807, 2.05) is 36.5 Å². The van der Waals surface area contributed by atoms with Gasteiger partial charge in [-0.05, 0) is 101 Å². The largest absolute Gasteiger partial charge is 0.287 e. The van der Waals surface area contributed by atoms with Gasteiger partial charge < -0.3 is 0 Å². The molecule has 0 atom stereocenters. The molecule has 2 aliphatic carbocycles. The number of benzene rings is 2. The van der Waals surface area contributed by atoms with Crippen molar-refractivity contribution >= 4 is 34.8 Å². The smallest absolute Gasteiger partial charge is 0.211 e.